The molecule has 74 valence electrons. The average molecular weight is 191 g/mol. The van der Waals surface area contributed by atoms with Gasteiger partial charge in [-0.25, -0.2) is 0 Å². The summed E-state index contributed by atoms with van der Waals surface area (Å²) in [5.74, 6) is 1.12. The van der Waals surface area contributed by atoms with Crippen molar-refractivity contribution in [2.75, 3.05) is 6.54 Å². The lowest BCUT2D eigenvalue weighted by molar-refractivity contribution is 0.481. The summed E-state index contributed by atoms with van der Waals surface area (Å²) in [6, 6.07) is 7.16. The Morgan fingerprint density at radius 2 is 2.29 bits per heavy atom. The summed E-state index contributed by atoms with van der Waals surface area (Å²) < 4.78 is 5.53. The van der Waals surface area contributed by atoms with Gasteiger partial charge in [0.05, 0.1) is 11.9 Å². The molecule has 0 radical (unpaired) electrons. The maximum Gasteiger partial charge on any atom is 0.138 e. The van der Waals surface area contributed by atoms with E-state index in [1.165, 1.54) is 0 Å². The summed E-state index contributed by atoms with van der Waals surface area (Å²) in [7, 11) is 0. The minimum atomic E-state index is 0.272. The molecule has 2 rings (SSSR count). The molecule has 0 saturated carbocycles. The maximum absolute atomic E-state index is 9.53. The van der Waals surface area contributed by atoms with Crippen LogP contribution in [0.1, 0.15) is 12.7 Å². The van der Waals surface area contributed by atoms with E-state index in [0.29, 0.717) is 6.54 Å². The van der Waals surface area contributed by atoms with Gasteiger partial charge in [0.2, 0.25) is 0 Å². The van der Waals surface area contributed by atoms with E-state index in [0.717, 1.165) is 23.3 Å². The SMILES string of the molecule is CCNCc1cc2c(O)cccc2o1. The van der Waals surface area contributed by atoms with Gasteiger partial charge in [-0.2, -0.15) is 0 Å². The number of aromatic hydroxyl groups is 1. The minimum absolute atomic E-state index is 0.272. The lowest BCUT2D eigenvalue weighted by Gasteiger charge is -1.94. The zero-order valence-corrected chi connectivity index (χ0v) is 8.08. The van der Waals surface area contributed by atoms with E-state index in [9.17, 15) is 5.11 Å². The normalized spacial score (nSPS) is 10.9. The van der Waals surface area contributed by atoms with Crippen LogP contribution in [-0.4, -0.2) is 11.7 Å². The summed E-state index contributed by atoms with van der Waals surface area (Å²) >= 11 is 0. The number of nitrogens with one attached hydrogen (secondary N) is 1. The Morgan fingerprint density at radius 1 is 1.43 bits per heavy atom. The summed E-state index contributed by atoms with van der Waals surface area (Å²) in [5, 5.41) is 13.5. The average Bonchev–Trinajstić information content (AvgIpc) is 2.59. The van der Waals surface area contributed by atoms with Crippen LogP contribution in [0.5, 0.6) is 5.75 Å². The van der Waals surface area contributed by atoms with Gasteiger partial charge in [-0.1, -0.05) is 13.0 Å². The lowest BCUT2D eigenvalue weighted by Crippen LogP contribution is -2.10. The van der Waals surface area contributed by atoms with Crippen molar-refractivity contribution in [2.45, 2.75) is 13.5 Å². The third-order valence-electron chi connectivity index (χ3n) is 2.14. The Labute approximate surface area is 82.3 Å². The number of benzene rings is 1. The minimum Gasteiger partial charge on any atom is -0.507 e. The van der Waals surface area contributed by atoms with Gasteiger partial charge in [-0.05, 0) is 24.7 Å². The zero-order chi connectivity index (χ0) is 9.97. The predicted octanol–water partition coefficient (Wildman–Crippen LogP) is 2.25. The highest BCUT2D eigenvalue weighted by atomic mass is 16.3. The van der Waals surface area contributed by atoms with Gasteiger partial charge in [0.1, 0.15) is 17.1 Å². The Bertz CT molecular complexity index is 434. The Kier molecular flexibility index (Phi) is 2.41. The van der Waals surface area contributed by atoms with Crippen LogP contribution < -0.4 is 5.32 Å². The number of rotatable bonds is 3. The second kappa shape index (κ2) is 3.72. The Hall–Kier alpha value is -1.48. The molecule has 1 heterocycles. The van der Waals surface area contributed by atoms with Gasteiger partial charge in [0, 0.05) is 0 Å². The number of phenolic OH excluding ortho intramolecular Hbond substituents is 1. The third kappa shape index (κ3) is 1.59. The fourth-order valence-corrected chi connectivity index (χ4v) is 1.43. The molecule has 0 aliphatic heterocycles. The topological polar surface area (TPSA) is 45.4 Å². The van der Waals surface area contributed by atoms with Crippen molar-refractivity contribution in [2.24, 2.45) is 0 Å². The van der Waals surface area contributed by atoms with Crippen molar-refractivity contribution in [3.8, 4) is 5.75 Å². The first-order valence-electron chi connectivity index (χ1n) is 4.72. The first-order chi connectivity index (χ1) is 6.81. The van der Waals surface area contributed by atoms with Crippen LogP contribution in [0, 0.1) is 0 Å². The summed E-state index contributed by atoms with van der Waals surface area (Å²) in [6.07, 6.45) is 0. The predicted molar refractivity (Wildman–Crippen MR) is 55.3 cm³/mol. The molecule has 0 fully saturated rings. The fourth-order valence-electron chi connectivity index (χ4n) is 1.43. The van der Waals surface area contributed by atoms with Crippen LogP contribution in [0.3, 0.4) is 0 Å². The van der Waals surface area contributed by atoms with Crippen LogP contribution in [-0.2, 0) is 6.54 Å². The smallest absolute Gasteiger partial charge is 0.138 e. The van der Waals surface area contributed by atoms with E-state index in [4.69, 9.17) is 4.42 Å². The van der Waals surface area contributed by atoms with Crippen molar-refractivity contribution in [1.29, 1.82) is 0 Å². The van der Waals surface area contributed by atoms with E-state index in [1.54, 1.807) is 12.1 Å². The molecule has 0 saturated heterocycles. The van der Waals surface area contributed by atoms with Crippen molar-refractivity contribution < 1.29 is 9.52 Å². The molecule has 1 aromatic heterocycles. The van der Waals surface area contributed by atoms with E-state index < -0.39 is 0 Å². The number of fused-ring (bicyclic) bond motifs is 1. The molecule has 0 aliphatic rings. The Balaban J connectivity index is 2.36. The molecule has 2 N–H and O–H groups in total. The van der Waals surface area contributed by atoms with Crippen molar-refractivity contribution in [3.63, 3.8) is 0 Å². The Morgan fingerprint density at radius 3 is 3.00 bits per heavy atom. The van der Waals surface area contributed by atoms with Crippen LogP contribution in [0.4, 0.5) is 0 Å². The van der Waals surface area contributed by atoms with Gasteiger partial charge in [-0.15, -0.1) is 0 Å². The van der Waals surface area contributed by atoms with Crippen molar-refractivity contribution in [3.05, 3.63) is 30.0 Å². The standard InChI is InChI=1S/C11H13NO2/c1-2-12-7-8-6-9-10(13)4-3-5-11(9)14-8/h3-6,12-13H,2,7H2,1H3. The molecule has 0 bridgehead atoms. The summed E-state index contributed by atoms with van der Waals surface area (Å²) in [6.45, 7) is 3.65. The molecule has 2 aromatic rings. The molecule has 3 nitrogen and oxygen atoms in total. The molecular weight excluding hydrogens is 178 g/mol. The number of hydrogen-bond acceptors (Lipinski definition) is 3. The molecule has 0 amide bonds. The highest BCUT2D eigenvalue weighted by molar-refractivity contribution is 5.84. The largest absolute Gasteiger partial charge is 0.507 e. The fraction of sp³-hybridized carbons (Fsp3) is 0.273. The zero-order valence-electron chi connectivity index (χ0n) is 8.08. The van der Waals surface area contributed by atoms with Crippen molar-refractivity contribution >= 4 is 11.0 Å². The molecule has 0 aliphatic carbocycles. The van der Waals surface area contributed by atoms with Gasteiger partial charge >= 0.3 is 0 Å². The van der Waals surface area contributed by atoms with Crippen LogP contribution in [0.2, 0.25) is 0 Å². The quantitative estimate of drug-likeness (QED) is 0.782. The van der Waals surface area contributed by atoms with Crippen molar-refractivity contribution in [1.82, 2.24) is 5.32 Å². The highest BCUT2D eigenvalue weighted by Crippen LogP contribution is 2.27. The first-order valence-corrected chi connectivity index (χ1v) is 4.72. The number of furan rings is 1. The molecule has 3 heteroatoms. The number of phenols is 1. The molecule has 0 atom stereocenters. The summed E-state index contributed by atoms with van der Waals surface area (Å²) in [4.78, 5) is 0. The van der Waals surface area contributed by atoms with Gasteiger partial charge in [0.25, 0.3) is 0 Å². The molecule has 1 aromatic carbocycles. The maximum atomic E-state index is 9.53. The summed E-state index contributed by atoms with van der Waals surface area (Å²) in [5.41, 5.74) is 0.734. The third-order valence-corrected chi connectivity index (χ3v) is 2.14. The van der Waals surface area contributed by atoms with Gasteiger partial charge < -0.3 is 14.8 Å². The lowest BCUT2D eigenvalue weighted by atomic mass is 10.2. The molecule has 0 spiro atoms. The van der Waals surface area contributed by atoms with Crippen LogP contribution in [0.25, 0.3) is 11.0 Å². The molecule has 0 unspecified atom stereocenters. The first kappa shape index (κ1) is 9.09. The van der Waals surface area contributed by atoms with Gasteiger partial charge in [0.15, 0.2) is 0 Å². The second-order valence-corrected chi connectivity index (χ2v) is 3.18. The van der Waals surface area contributed by atoms with E-state index in [1.807, 2.05) is 19.1 Å². The van der Waals surface area contributed by atoms with Crippen LogP contribution >= 0.6 is 0 Å². The molecule has 14 heavy (non-hydrogen) atoms. The second-order valence-electron chi connectivity index (χ2n) is 3.18. The molecular formula is C11H13NO2. The van der Waals surface area contributed by atoms with E-state index in [-0.39, 0.29) is 5.75 Å². The van der Waals surface area contributed by atoms with Crippen LogP contribution in [0.15, 0.2) is 28.7 Å². The van der Waals surface area contributed by atoms with E-state index in [2.05, 4.69) is 5.32 Å². The number of hydrogen-bond donors (Lipinski definition) is 2. The monoisotopic (exact) mass is 191 g/mol. The van der Waals surface area contributed by atoms with E-state index >= 15 is 0 Å². The highest BCUT2D eigenvalue weighted by Gasteiger charge is 2.05. The van der Waals surface area contributed by atoms with Gasteiger partial charge in [-0.3, -0.25) is 0 Å².